The summed E-state index contributed by atoms with van der Waals surface area (Å²) in [4.78, 5) is 11.3. The number of aliphatic hydroxyl groups is 1. The maximum absolute atomic E-state index is 11.3. The number of ether oxygens (including phenoxy) is 3. The van der Waals surface area contributed by atoms with Gasteiger partial charge < -0.3 is 24.4 Å². The third-order valence-electron chi connectivity index (χ3n) is 3.96. The van der Waals surface area contributed by atoms with Crippen LogP contribution in [0.5, 0.6) is 11.5 Å². The van der Waals surface area contributed by atoms with Crippen LogP contribution in [0.1, 0.15) is 25.0 Å². The van der Waals surface area contributed by atoms with Crippen molar-refractivity contribution in [1.29, 1.82) is 0 Å². The highest BCUT2D eigenvalue weighted by atomic mass is 16.5. The Hall–Kier alpha value is -2.57. The molecule has 0 spiro atoms. The van der Waals surface area contributed by atoms with Crippen LogP contribution >= 0.6 is 0 Å². The van der Waals surface area contributed by atoms with Crippen molar-refractivity contribution < 1.29 is 29.2 Å². The second kappa shape index (κ2) is 10.7. The molecule has 0 saturated carbocycles. The second-order valence-electron chi connectivity index (χ2n) is 6.95. The molecule has 28 heavy (non-hydrogen) atoms. The Morgan fingerprint density at radius 1 is 0.929 bits per heavy atom. The molecule has 2 unspecified atom stereocenters. The zero-order valence-electron chi connectivity index (χ0n) is 16.5. The summed E-state index contributed by atoms with van der Waals surface area (Å²) in [6.07, 6.45) is -1.53. The molecule has 0 aliphatic carbocycles. The highest BCUT2D eigenvalue weighted by Crippen LogP contribution is 2.16. The predicted octanol–water partition coefficient (Wildman–Crippen LogP) is 3.23. The number of carboxylic acid groups (broad SMARTS) is 1. The molecule has 2 N–H and O–H groups in total. The first-order chi connectivity index (χ1) is 13.3. The highest BCUT2D eigenvalue weighted by Gasteiger charge is 2.20. The molecule has 0 bridgehead atoms. The van der Waals surface area contributed by atoms with Crippen LogP contribution in [0, 0.1) is 6.92 Å². The van der Waals surface area contributed by atoms with Crippen LogP contribution in [0.4, 0.5) is 0 Å². The zero-order valence-corrected chi connectivity index (χ0v) is 16.5. The van der Waals surface area contributed by atoms with Crippen LogP contribution in [0.2, 0.25) is 0 Å². The van der Waals surface area contributed by atoms with E-state index in [1.54, 1.807) is 38.1 Å². The Labute approximate surface area is 165 Å². The summed E-state index contributed by atoms with van der Waals surface area (Å²) in [5.74, 6) is 0.311. The van der Waals surface area contributed by atoms with E-state index in [2.05, 4.69) is 0 Å². The Kier molecular flexibility index (Phi) is 8.29. The van der Waals surface area contributed by atoms with E-state index in [1.807, 2.05) is 31.2 Å². The molecule has 0 heterocycles. The fourth-order valence-corrected chi connectivity index (χ4v) is 2.53. The molecule has 2 aromatic rings. The SMILES string of the molecule is Cc1ccc(OCC(O)COc2ccc(CC(OC(C)C)C(=O)O)cc2)cc1. The van der Waals surface area contributed by atoms with Gasteiger partial charge in [0.05, 0.1) is 6.10 Å². The average molecular weight is 388 g/mol. The molecular weight excluding hydrogens is 360 g/mol. The van der Waals surface area contributed by atoms with Gasteiger partial charge in [-0.15, -0.1) is 0 Å². The maximum Gasteiger partial charge on any atom is 0.333 e. The predicted molar refractivity (Wildman–Crippen MR) is 106 cm³/mol. The van der Waals surface area contributed by atoms with E-state index < -0.39 is 18.2 Å². The minimum atomic E-state index is -0.981. The lowest BCUT2D eigenvalue weighted by Gasteiger charge is -2.17. The van der Waals surface area contributed by atoms with Crippen LogP contribution < -0.4 is 9.47 Å². The van der Waals surface area contributed by atoms with Gasteiger partial charge in [-0.2, -0.15) is 0 Å². The molecule has 2 rings (SSSR count). The molecule has 2 atom stereocenters. The van der Waals surface area contributed by atoms with Gasteiger partial charge in [-0.05, 0) is 50.6 Å². The van der Waals surface area contributed by atoms with E-state index in [1.165, 1.54) is 0 Å². The van der Waals surface area contributed by atoms with Crippen LogP contribution in [0.25, 0.3) is 0 Å². The summed E-state index contributed by atoms with van der Waals surface area (Å²) in [5, 5.41) is 19.3. The van der Waals surface area contributed by atoms with Crippen molar-refractivity contribution in [3.63, 3.8) is 0 Å². The molecular formula is C22H28O6. The van der Waals surface area contributed by atoms with Gasteiger partial charge in [-0.1, -0.05) is 29.8 Å². The van der Waals surface area contributed by atoms with E-state index in [-0.39, 0.29) is 25.7 Å². The topological polar surface area (TPSA) is 85.2 Å². The van der Waals surface area contributed by atoms with Crippen molar-refractivity contribution >= 4 is 5.97 Å². The number of hydrogen-bond donors (Lipinski definition) is 2. The zero-order chi connectivity index (χ0) is 20.5. The van der Waals surface area contributed by atoms with Crippen molar-refractivity contribution in [2.45, 2.75) is 45.5 Å². The lowest BCUT2D eigenvalue weighted by molar-refractivity contribution is -0.153. The molecule has 0 saturated heterocycles. The van der Waals surface area contributed by atoms with Gasteiger partial charge in [0, 0.05) is 6.42 Å². The molecule has 0 amide bonds. The molecule has 2 aromatic carbocycles. The summed E-state index contributed by atoms with van der Waals surface area (Å²) in [5.41, 5.74) is 1.98. The first-order valence-corrected chi connectivity index (χ1v) is 9.31. The van der Waals surface area contributed by atoms with Crippen molar-refractivity contribution in [2.24, 2.45) is 0 Å². The van der Waals surface area contributed by atoms with Gasteiger partial charge in [-0.3, -0.25) is 0 Å². The molecule has 0 aliphatic heterocycles. The van der Waals surface area contributed by atoms with E-state index in [0.717, 1.165) is 11.1 Å². The normalized spacial score (nSPS) is 13.2. The first-order valence-electron chi connectivity index (χ1n) is 9.31. The van der Waals surface area contributed by atoms with Gasteiger partial charge in [0.2, 0.25) is 0 Å². The van der Waals surface area contributed by atoms with Crippen LogP contribution in [0.3, 0.4) is 0 Å². The number of benzene rings is 2. The Balaban J connectivity index is 1.78. The first kappa shape index (κ1) is 21.7. The number of carboxylic acids is 1. The van der Waals surface area contributed by atoms with Gasteiger partial charge >= 0.3 is 5.97 Å². The van der Waals surface area contributed by atoms with Crippen LogP contribution in [-0.4, -0.2) is 47.7 Å². The number of rotatable bonds is 11. The molecule has 0 aliphatic rings. The summed E-state index contributed by atoms with van der Waals surface area (Å²) < 4.78 is 16.5. The monoisotopic (exact) mass is 388 g/mol. The van der Waals surface area contributed by atoms with Crippen molar-refractivity contribution in [3.8, 4) is 11.5 Å². The van der Waals surface area contributed by atoms with Gasteiger partial charge in [0.1, 0.15) is 30.8 Å². The van der Waals surface area contributed by atoms with E-state index in [9.17, 15) is 15.0 Å². The number of aliphatic carboxylic acids is 1. The fraction of sp³-hybridized carbons (Fsp3) is 0.409. The number of hydrogen-bond acceptors (Lipinski definition) is 5. The highest BCUT2D eigenvalue weighted by molar-refractivity contribution is 5.72. The minimum absolute atomic E-state index is 0.0966. The van der Waals surface area contributed by atoms with Crippen molar-refractivity contribution in [1.82, 2.24) is 0 Å². The minimum Gasteiger partial charge on any atom is -0.491 e. The lowest BCUT2D eigenvalue weighted by Crippen LogP contribution is -2.29. The lowest BCUT2D eigenvalue weighted by atomic mass is 10.1. The van der Waals surface area contributed by atoms with Crippen molar-refractivity contribution in [2.75, 3.05) is 13.2 Å². The van der Waals surface area contributed by atoms with Gasteiger partial charge in [0.25, 0.3) is 0 Å². The Morgan fingerprint density at radius 2 is 1.43 bits per heavy atom. The third-order valence-corrected chi connectivity index (χ3v) is 3.96. The summed E-state index contributed by atoms with van der Waals surface area (Å²) in [6, 6.07) is 14.7. The molecule has 0 radical (unpaired) electrons. The molecule has 152 valence electrons. The van der Waals surface area contributed by atoms with E-state index >= 15 is 0 Å². The third kappa shape index (κ3) is 7.58. The maximum atomic E-state index is 11.3. The van der Waals surface area contributed by atoms with Gasteiger partial charge in [0.15, 0.2) is 6.10 Å². The summed E-state index contributed by atoms with van der Waals surface area (Å²) >= 11 is 0. The molecule has 6 nitrogen and oxygen atoms in total. The van der Waals surface area contributed by atoms with Crippen LogP contribution in [-0.2, 0) is 16.0 Å². The smallest absolute Gasteiger partial charge is 0.333 e. The number of carbonyl (C=O) groups is 1. The summed E-state index contributed by atoms with van der Waals surface area (Å²) in [7, 11) is 0. The quantitative estimate of drug-likeness (QED) is 0.615. The van der Waals surface area contributed by atoms with Crippen molar-refractivity contribution in [3.05, 3.63) is 59.7 Å². The fourth-order valence-electron chi connectivity index (χ4n) is 2.53. The number of aliphatic hydroxyl groups excluding tert-OH is 1. The molecule has 0 fully saturated rings. The molecule has 0 aromatic heterocycles. The second-order valence-corrected chi connectivity index (χ2v) is 6.95. The largest absolute Gasteiger partial charge is 0.491 e. The summed E-state index contributed by atoms with van der Waals surface area (Å²) in [6.45, 7) is 5.84. The van der Waals surface area contributed by atoms with Crippen LogP contribution in [0.15, 0.2) is 48.5 Å². The Bertz CT molecular complexity index is 724. The van der Waals surface area contributed by atoms with E-state index in [0.29, 0.717) is 11.5 Å². The van der Waals surface area contributed by atoms with Gasteiger partial charge in [-0.25, -0.2) is 4.79 Å². The Morgan fingerprint density at radius 3 is 1.89 bits per heavy atom. The standard InChI is InChI=1S/C22H28O6/c1-15(2)28-21(22(24)25)12-17-6-10-20(11-7-17)27-14-18(23)13-26-19-8-4-16(3)5-9-19/h4-11,15,18,21,23H,12-14H2,1-3H3,(H,24,25). The molecule has 6 heteroatoms. The number of aryl methyl sites for hydroxylation is 1. The average Bonchev–Trinajstić information content (AvgIpc) is 2.66. The van der Waals surface area contributed by atoms with E-state index in [4.69, 9.17) is 14.2 Å².